The fourth-order valence-corrected chi connectivity index (χ4v) is 1.33. The third kappa shape index (κ3) is 6.20. The van der Waals surface area contributed by atoms with Crippen LogP contribution in [0.4, 0.5) is 5.69 Å². The lowest BCUT2D eigenvalue weighted by Crippen LogP contribution is -2.37. The zero-order chi connectivity index (χ0) is 14.3. The minimum Gasteiger partial charge on any atom is -0.354 e. The van der Waals surface area contributed by atoms with Gasteiger partial charge in [-0.05, 0) is 37.9 Å². The number of nitrogens with zero attached hydrogens (tertiary/aromatic N) is 2. The van der Waals surface area contributed by atoms with Crippen molar-refractivity contribution < 1.29 is 0 Å². The molecule has 106 valence electrons. The van der Waals surface area contributed by atoms with Crippen LogP contribution in [0.25, 0.3) is 0 Å². The van der Waals surface area contributed by atoms with Gasteiger partial charge in [0.1, 0.15) is 0 Å². The quantitative estimate of drug-likeness (QED) is 0.559. The number of aromatic nitrogens is 1. The van der Waals surface area contributed by atoms with Gasteiger partial charge in [-0.3, -0.25) is 9.98 Å². The molecule has 1 heterocycles. The van der Waals surface area contributed by atoms with Gasteiger partial charge in [0.15, 0.2) is 5.96 Å². The van der Waals surface area contributed by atoms with Crippen molar-refractivity contribution in [3.63, 3.8) is 0 Å². The highest BCUT2D eigenvalue weighted by molar-refractivity contribution is 5.93. The van der Waals surface area contributed by atoms with Crippen LogP contribution in [0.3, 0.4) is 0 Å². The molecule has 0 saturated heterocycles. The van der Waals surface area contributed by atoms with Gasteiger partial charge in [0.05, 0.1) is 11.9 Å². The van der Waals surface area contributed by atoms with Crippen molar-refractivity contribution in [1.82, 2.24) is 10.3 Å². The van der Waals surface area contributed by atoms with Gasteiger partial charge in [0.25, 0.3) is 0 Å². The molecule has 4 N–H and O–H groups in total. The van der Waals surface area contributed by atoms with E-state index in [1.54, 1.807) is 12.4 Å². The summed E-state index contributed by atoms with van der Waals surface area (Å²) in [6.45, 7) is 9.65. The molecule has 0 unspecified atom stereocenters. The molecule has 0 amide bonds. The summed E-state index contributed by atoms with van der Waals surface area (Å²) in [7, 11) is 0. The summed E-state index contributed by atoms with van der Waals surface area (Å²) in [5.74, 6) is 0.754. The lowest BCUT2D eigenvalue weighted by atomic mass is 9.94. The Morgan fingerprint density at radius 3 is 2.74 bits per heavy atom. The first kappa shape index (κ1) is 15.4. The van der Waals surface area contributed by atoms with Crippen molar-refractivity contribution in [3.05, 3.63) is 24.5 Å². The third-order valence-electron chi connectivity index (χ3n) is 2.57. The topological polar surface area (TPSA) is 75.3 Å². The van der Waals surface area contributed by atoms with E-state index in [0.717, 1.165) is 11.6 Å². The zero-order valence-corrected chi connectivity index (χ0v) is 12.3. The predicted molar refractivity (Wildman–Crippen MR) is 81.3 cm³/mol. The second kappa shape index (κ2) is 7.09. The van der Waals surface area contributed by atoms with Crippen LogP contribution in [-0.2, 0) is 0 Å². The molecule has 1 rings (SSSR count). The molecule has 0 aliphatic rings. The SMILES string of the molecule is CC(C)NC(=NCC(C)(C)CN)Nc1cccnc1. The molecular formula is C14H25N5. The standard InChI is InChI=1S/C14H25N5/c1-11(2)18-13(17-10-14(3,4)9-15)19-12-6-5-7-16-8-12/h5-8,11H,9-10,15H2,1-4H3,(H2,17,18,19). The molecule has 0 saturated carbocycles. The van der Waals surface area contributed by atoms with Crippen molar-refractivity contribution in [1.29, 1.82) is 0 Å². The number of nitrogens with one attached hydrogen (secondary N) is 2. The van der Waals surface area contributed by atoms with Crippen LogP contribution in [0.15, 0.2) is 29.5 Å². The molecule has 0 bridgehead atoms. The summed E-state index contributed by atoms with van der Waals surface area (Å²) in [5.41, 5.74) is 6.64. The van der Waals surface area contributed by atoms with Gasteiger partial charge >= 0.3 is 0 Å². The maximum absolute atomic E-state index is 5.73. The van der Waals surface area contributed by atoms with Crippen molar-refractivity contribution in [2.45, 2.75) is 33.7 Å². The maximum atomic E-state index is 5.73. The molecule has 5 nitrogen and oxygen atoms in total. The van der Waals surface area contributed by atoms with Gasteiger partial charge in [-0.2, -0.15) is 0 Å². The first-order valence-electron chi connectivity index (χ1n) is 6.61. The number of anilines is 1. The van der Waals surface area contributed by atoms with E-state index in [2.05, 4.69) is 48.3 Å². The average Bonchev–Trinajstić information content (AvgIpc) is 2.37. The van der Waals surface area contributed by atoms with Crippen molar-refractivity contribution in [2.75, 3.05) is 18.4 Å². The Kier molecular flexibility index (Phi) is 5.76. The van der Waals surface area contributed by atoms with E-state index in [9.17, 15) is 0 Å². The van der Waals surface area contributed by atoms with Gasteiger partial charge in [0, 0.05) is 18.8 Å². The Bertz CT molecular complexity index is 398. The number of hydrogen-bond acceptors (Lipinski definition) is 3. The molecule has 5 heteroatoms. The van der Waals surface area contributed by atoms with E-state index >= 15 is 0 Å². The first-order valence-corrected chi connectivity index (χ1v) is 6.61. The number of hydrogen-bond donors (Lipinski definition) is 3. The van der Waals surface area contributed by atoms with Gasteiger partial charge in [-0.15, -0.1) is 0 Å². The monoisotopic (exact) mass is 263 g/mol. The van der Waals surface area contributed by atoms with Crippen LogP contribution < -0.4 is 16.4 Å². The molecule has 0 atom stereocenters. The van der Waals surface area contributed by atoms with E-state index in [1.165, 1.54) is 0 Å². The van der Waals surface area contributed by atoms with E-state index in [0.29, 0.717) is 19.1 Å². The van der Waals surface area contributed by atoms with E-state index in [-0.39, 0.29) is 5.41 Å². The lowest BCUT2D eigenvalue weighted by Gasteiger charge is -2.21. The Balaban J connectivity index is 2.74. The van der Waals surface area contributed by atoms with Crippen molar-refractivity contribution in [3.8, 4) is 0 Å². The number of rotatable bonds is 5. The van der Waals surface area contributed by atoms with Crippen LogP contribution in [-0.4, -0.2) is 30.1 Å². The molecule has 0 spiro atoms. The van der Waals surface area contributed by atoms with Crippen LogP contribution in [0.2, 0.25) is 0 Å². The van der Waals surface area contributed by atoms with Crippen LogP contribution in [0, 0.1) is 5.41 Å². The largest absolute Gasteiger partial charge is 0.354 e. The number of nitrogens with two attached hydrogens (primary N) is 1. The summed E-state index contributed by atoms with van der Waals surface area (Å²) in [5, 5.41) is 6.54. The first-order chi connectivity index (χ1) is 8.93. The third-order valence-corrected chi connectivity index (χ3v) is 2.57. The molecule has 0 fully saturated rings. The highest BCUT2D eigenvalue weighted by Gasteiger charge is 2.15. The number of pyridine rings is 1. The normalized spacial score (nSPS) is 12.6. The minimum atomic E-state index is 0.000523. The molecule has 0 radical (unpaired) electrons. The van der Waals surface area contributed by atoms with Crippen molar-refractivity contribution in [2.24, 2.45) is 16.1 Å². The van der Waals surface area contributed by atoms with Crippen molar-refractivity contribution >= 4 is 11.6 Å². The molecule has 1 aromatic rings. The smallest absolute Gasteiger partial charge is 0.196 e. The van der Waals surface area contributed by atoms with E-state index < -0.39 is 0 Å². The Morgan fingerprint density at radius 1 is 1.47 bits per heavy atom. The van der Waals surface area contributed by atoms with Crippen LogP contribution >= 0.6 is 0 Å². The van der Waals surface area contributed by atoms with Gasteiger partial charge in [-0.25, -0.2) is 0 Å². The second-order valence-electron chi connectivity index (χ2n) is 5.70. The predicted octanol–water partition coefficient (Wildman–Crippen LogP) is 1.83. The van der Waals surface area contributed by atoms with Crippen LogP contribution in [0.1, 0.15) is 27.7 Å². The fourth-order valence-electron chi connectivity index (χ4n) is 1.33. The minimum absolute atomic E-state index is 0.000523. The zero-order valence-electron chi connectivity index (χ0n) is 12.3. The summed E-state index contributed by atoms with van der Waals surface area (Å²) in [4.78, 5) is 8.66. The highest BCUT2D eigenvalue weighted by Crippen LogP contribution is 2.12. The number of guanidine groups is 1. The molecule has 0 aliphatic carbocycles. The Labute approximate surface area is 115 Å². The molecule has 0 aromatic carbocycles. The Hall–Kier alpha value is -1.62. The molecule has 1 aromatic heterocycles. The molecule has 0 aliphatic heterocycles. The highest BCUT2D eigenvalue weighted by atomic mass is 15.2. The van der Waals surface area contributed by atoms with Gasteiger partial charge in [0.2, 0.25) is 0 Å². The molecule has 19 heavy (non-hydrogen) atoms. The second-order valence-corrected chi connectivity index (χ2v) is 5.70. The van der Waals surface area contributed by atoms with E-state index in [4.69, 9.17) is 5.73 Å². The maximum Gasteiger partial charge on any atom is 0.196 e. The number of aliphatic imine (C=N–C) groups is 1. The fraction of sp³-hybridized carbons (Fsp3) is 0.571. The summed E-state index contributed by atoms with van der Waals surface area (Å²) >= 11 is 0. The van der Waals surface area contributed by atoms with Gasteiger partial charge < -0.3 is 16.4 Å². The van der Waals surface area contributed by atoms with Crippen LogP contribution in [0.5, 0.6) is 0 Å². The Morgan fingerprint density at radius 2 is 2.21 bits per heavy atom. The lowest BCUT2D eigenvalue weighted by molar-refractivity contribution is 0.393. The summed E-state index contributed by atoms with van der Waals surface area (Å²) < 4.78 is 0. The summed E-state index contributed by atoms with van der Waals surface area (Å²) in [6.07, 6.45) is 3.51. The molecular weight excluding hydrogens is 238 g/mol. The summed E-state index contributed by atoms with van der Waals surface area (Å²) in [6, 6.07) is 4.15. The van der Waals surface area contributed by atoms with E-state index in [1.807, 2.05) is 12.1 Å². The average molecular weight is 263 g/mol. The van der Waals surface area contributed by atoms with Gasteiger partial charge in [-0.1, -0.05) is 13.8 Å².